The third-order valence-electron chi connectivity index (χ3n) is 2.42. The van der Waals surface area contributed by atoms with E-state index in [2.05, 4.69) is 5.16 Å². The van der Waals surface area contributed by atoms with Gasteiger partial charge in [-0.1, -0.05) is 35.5 Å². The Morgan fingerprint density at radius 3 is 2.88 bits per heavy atom. The summed E-state index contributed by atoms with van der Waals surface area (Å²) >= 11 is 0. The van der Waals surface area contributed by atoms with Gasteiger partial charge in [-0.15, -0.1) is 0 Å². The molecule has 1 aliphatic rings. The predicted octanol–water partition coefficient (Wildman–Crippen LogP) is 1.06. The van der Waals surface area contributed by atoms with Crippen LogP contribution in [-0.2, 0) is 14.4 Å². The van der Waals surface area contributed by atoms with Crippen LogP contribution >= 0.6 is 0 Å². The Labute approximate surface area is 98.6 Å². The van der Waals surface area contributed by atoms with Crippen molar-refractivity contribution < 1.29 is 19.5 Å². The molecule has 1 aromatic carbocycles. The molecule has 1 heterocycles. The first-order chi connectivity index (χ1) is 8.15. The van der Waals surface area contributed by atoms with Crippen LogP contribution in [0.2, 0.25) is 0 Å². The fourth-order valence-electron chi connectivity index (χ4n) is 1.56. The van der Waals surface area contributed by atoms with Crippen LogP contribution in [0.25, 0.3) is 0 Å². The topological polar surface area (TPSA) is 68.1 Å². The van der Waals surface area contributed by atoms with Crippen LogP contribution in [0.3, 0.4) is 0 Å². The molecular formula is C12H13NO4. The minimum absolute atomic E-state index is 0.00412. The number of ether oxygens (including phenoxy) is 1. The van der Waals surface area contributed by atoms with Crippen molar-refractivity contribution in [2.24, 2.45) is 5.16 Å². The molecule has 1 aromatic rings. The summed E-state index contributed by atoms with van der Waals surface area (Å²) in [7, 11) is 0. The number of esters is 1. The van der Waals surface area contributed by atoms with Gasteiger partial charge in [-0.05, 0) is 12.5 Å². The SMILES string of the molecule is CCOC(=O)C1(O)CC(c2ccccc2)=NO1. The Kier molecular flexibility index (Phi) is 3.10. The molecule has 2 rings (SSSR count). The number of hydrogen-bond donors (Lipinski definition) is 1. The molecule has 5 nitrogen and oxygen atoms in total. The minimum atomic E-state index is -1.98. The van der Waals surface area contributed by atoms with E-state index in [0.717, 1.165) is 5.56 Å². The third-order valence-corrected chi connectivity index (χ3v) is 2.42. The second-order valence-corrected chi connectivity index (χ2v) is 3.68. The molecule has 17 heavy (non-hydrogen) atoms. The van der Waals surface area contributed by atoms with Crippen molar-refractivity contribution >= 4 is 11.7 Å². The summed E-state index contributed by atoms with van der Waals surface area (Å²) in [5.41, 5.74) is 1.34. The summed E-state index contributed by atoms with van der Waals surface area (Å²) < 4.78 is 4.73. The molecule has 0 saturated carbocycles. The highest BCUT2D eigenvalue weighted by Crippen LogP contribution is 2.25. The first kappa shape index (κ1) is 11.6. The summed E-state index contributed by atoms with van der Waals surface area (Å²) in [6.45, 7) is 1.85. The molecule has 0 aromatic heterocycles. The van der Waals surface area contributed by atoms with Gasteiger partial charge in [-0.25, -0.2) is 4.79 Å². The Balaban J connectivity index is 2.11. The van der Waals surface area contributed by atoms with Gasteiger partial charge in [0.1, 0.15) is 0 Å². The number of nitrogens with zero attached hydrogens (tertiary/aromatic N) is 1. The second-order valence-electron chi connectivity index (χ2n) is 3.68. The largest absolute Gasteiger partial charge is 0.461 e. The molecule has 90 valence electrons. The lowest BCUT2D eigenvalue weighted by atomic mass is 10.0. The van der Waals surface area contributed by atoms with E-state index in [-0.39, 0.29) is 13.0 Å². The van der Waals surface area contributed by atoms with Crippen molar-refractivity contribution in [3.05, 3.63) is 35.9 Å². The molecule has 0 spiro atoms. The number of hydrogen-bond acceptors (Lipinski definition) is 5. The van der Waals surface area contributed by atoms with Crippen molar-refractivity contribution in [3.8, 4) is 0 Å². The monoisotopic (exact) mass is 235 g/mol. The summed E-state index contributed by atoms with van der Waals surface area (Å²) in [4.78, 5) is 16.3. The van der Waals surface area contributed by atoms with Gasteiger partial charge in [-0.3, -0.25) is 0 Å². The maximum Gasteiger partial charge on any atom is 0.382 e. The molecule has 0 saturated heterocycles. The van der Waals surface area contributed by atoms with Crippen molar-refractivity contribution in [1.82, 2.24) is 0 Å². The lowest BCUT2D eigenvalue weighted by molar-refractivity contribution is -0.218. The van der Waals surface area contributed by atoms with Gasteiger partial charge in [0.05, 0.1) is 18.7 Å². The summed E-state index contributed by atoms with van der Waals surface area (Å²) in [5, 5.41) is 13.6. The molecule has 0 amide bonds. The van der Waals surface area contributed by atoms with Crippen LogP contribution in [0.15, 0.2) is 35.5 Å². The van der Waals surface area contributed by atoms with E-state index < -0.39 is 11.8 Å². The van der Waals surface area contributed by atoms with E-state index in [1.807, 2.05) is 30.3 Å². The number of oxime groups is 1. The molecule has 1 atom stereocenters. The molecule has 0 radical (unpaired) electrons. The first-order valence-corrected chi connectivity index (χ1v) is 5.36. The van der Waals surface area contributed by atoms with Crippen LogP contribution in [0, 0.1) is 0 Å². The highest BCUT2D eigenvalue weighted by molar-refractivity contribution is 6.04. The minimum Gasteiger partial charge on any atom is -0.461 e. The molecule has 0 aliphatic carbocycles. The predicted molar refractivity (Wildman–Crippen MR) is 60.3 cm³/mol. The number of benzene rings is 1. The van der Waals surface area contributed by atoms with Gasteiger partial charge in [0.2, 0.25) is 0 Å². The number of carbonyl (C=O) groups excluding carboxylic acids is 1. The molecule has 5 heteroatoms. The maximum atomic E-state index is 11.5. The van der Waals surface area contributed by atoms with E-state index in [4.69, 9.17) is 9.57 Å². The second kappa shape index (κ2) is 4.55. The Morgan fingerprint density at radius 1 is 1.53 bits per heavy atom. The Hall–Kier alpha value is -1.88. The van der Waals surface area contributed by atoms with Gasteiger partial charge in [-0.2, -0.15) is 0 Å². The normalized spacial score (nSPS) is 22.8. The molecular weight excluding hydrogens is 222 g/mol. The van der Waals surface area contributed by atoms with Crippen LogP contribution in [-0.4, -0.2) is 29.2 Å². The van der Waals surface area contributed by atoms with E-state index in [1.165, 1.54) is 0 Å². The average molecular weight is 235 g/mol. The zero-order valence-corrected chi connectivity index (χ0v) is 9.42. The fourth-order valence-corrected chi connectivity index (χ4v) is 1.56. The lowest BCUT2D eigenvalue weighted by Gasteiger charge is -2.16. The van der Waals surface area contributed by atoms with E-state index >= 15 is 0 Å². The van der Waals surface area contributed by atoms with Crippen LogP contribution in [0.1, 0.15) is 18.9 Å². The van der Waals surface area contributed by atoms with Crippen LogP contribution in [0.5, 0.6) is 0 Å². The van der Waals surface area contributed by atoms with Gasteiger partial charge in [0.25, 0.3) is 0 Å². The average Bonchev–Trinajstić information content (AvgIpc) is 2.75. The summed E-state index contributed by atoms with van der Waals surface area (Å²) in [6.07, 6.45) is -0.00412. The van der Waals surface area contributed by atoms with E-state index in [0.29, 0.717) is 5.71 Å². The van der Waals surface area contributed by atoms with Crippen molar-refractivity contribution in [1.29, 1.82) is 0 Å². The number of rotatable bonds is 3. The summed E-state index contributed by atoms with van der Waals surface area (Å²) in [5.74, 6) is -2.80. The number of aliphatic hydroxyl groups is 1. The van der Waals surface area contributed by atoms with Crippen LogP contribution < -0.4 is 0 Å². The molecule has 1 aliphatic heterocycles. The van der Waals surface area contributed by atoms with Crippen molar-refractivity contribution in [2.45, 2.75) is 19.1 Å². The lowest BCUT2D eigenvalue weighted by Crippen LogP contribution is -2.40. The number of carbonyl (C=O) groups is 1. The smallest absolute Gasteiger partial charge is 0.382 e. The maximum absolute atomic E-state index is 11.5. The first-order valence-electron chi connectivity index (χ1n) is 5.36. The van der Waals surface area contributed by atoms with E-state index in [1.54, 1.807) is 6.92 Å². The van der Waals surface area contributed by atoms with Crippen LogP contribution in [0.4, 0.5) is 0 Å². The Morgan fingerprint density at radius 2 is 2.24 bits per heavy atom. The van der Waals surface area contributed by atoms with Gasteiger partial charge < -0.3 is 14.7 Å². The zero-order valence-electron chi connectivity index (χ0n) is 9.42. The van der Waals surface area contributed by atoms with Crippen molar-refractivity contribution in [3.63, 3.8) is 0 Å². The highest BCUT2D eigenvalue weighted by atomic mass is 16.8. The molecule has 1 N–H and O–H groups in total. The summed E-state index contributed by atoms with van der Waals surface area (Å²) in [6, 6.07) is 9.23. The molecule has 1 unspecified atom stereocenters. The Bertz CT molecular complexity index is 443. The highest BCUT2D eigenvalue weighted by Gasteiger charge is 2.46. The van der Waals surface area contributed by atoms with Gasteiger partial charge in [0.15, 0.2) is 0 Å². The zero-order chi connectivity index (χ0) is 12.3. The third kappa shape index (κ3) is 2.29. The van der Waals surface area contributed by atoms with Gasteiger partial charge in [0, 0.05) is 0 Å². The quantitative estimate of drug-likeness (QED) is 0.795. The fraction of sp³-hybridized carbons (Fsp3) is 0.333. The van der Waals surface area contributed by atoms with E-state index in [9.17, 15) is 9.90 Å². The standard InChI is InChI=1S/C12H13NO4/c1-2-16-11(14)12(15)8-10(13-17-12)9-6-4-3-5-7-9/h3-7,15H,2,8H2,1H3. The van der Waals surface area contributed by atoms with Gasteiger partial charge >= 0.3 is 11.8 Å². The van der Waals surface area contributed by atoms with Crippen molar-refractivity contribution in [2.75, 3.05) is 6.61 Å². The molecule has 0 bridgehead atoms. The molecule has 0 fully saturated rings.